The zero-order valence-corrected chi connectivity index (χ0v) is 13.6. The number of ether oxygens (including phenoxy) is 2. The van der Waals surface area contributed by atoms with Crippen LogP contribution in [0.3, 0.4) is 0 Å². The van der Waals surface area contributed by atoms with E-state index in [9.17, 15) is 14.9 Å². The molecule has 23 heavy (non-hydrogen) atoms. The van der Waals surface area contributed by atoms with Gasteiger partial charge < -0.3 is 14.8 Å². The Labute approximate surface area is 135 Å². The predicted molar refractivity (Wildman–Crippen MR) is 85.1 cm³/mol. The second-order valence-corrected chi connectivity index (χ2v) is 5.82. The average molecular weight is 322 g/mol. The molecule has 126 valence electrons. The summed E-state index contributed by atoms with van der Waals surface area (Å²) in [5, 5.41) is 14.2. The van der Waals surface area contributed by atoms with Gasteiger partial charge in [0.15, 0.2) is 11.5 Å². The maximum atomic E-state index is 12.5. The van der Waals surface area contributed by atoms with E-state index in [1.165, 1.54) is 26.4 Å². The maximum absolute atomic E-state index is 12.5. The molecule has 0 saturated heterocycles. The molecule has 7 heteroatoms. The Morgan fingerprint density at radius 2 is 1.83 bits per heavy atom. The molecule has 2 rings (SSSR count). The van der Waals surface area contributed by atoms with E-state index in [0.717, 1.165) is 25.7 Å². The number of nitro benzene ring substituents is 1. The highest BCUT2D eigenvalue weighted by molar-refractivity contribution is 5.99. The van der Waals surface area contributed by atoms with Gasteiger partial charge in [-0.1, -0.05) is 19.8 Å². The fourth-order valence-electron chi connectivity index (χ4n) is 2.98. The number of nitro groups is 1. The normalized spacial score (nSPS) is 20.7. The van der Waals surface area contributed by atoms with Crippen LogP contribution in [0.2, 0.25) is 0 Å². The van der Waals surface area contributed by atoms with Gasteiger partial charge in [0.1, 0.15) is 5.56 Å². The number of carbonyl (C=O) groups excluding carboxylic acids is 1. The zero-order valence-electron chi connectivity index (χ0n) is 13.6. The Hall–Kier alpha value is -2.31. The van der Waals surface area contributed by atoms with Gasteiger partial charge in [-0.25, -0.2) is 0 Å². The van der Waals surface area contributed by atoms with E-state index in [4.69, 9.17) is 9.47 Å². The lowest BCUT2D eigenvalue weighted by molar-refractivity contribution is -0.385. The number of amides is 1. The molecule has 0 bridgehead atoms. The third-order valence-corrected chi connectivity index (χ3v) is 4.37. The van der Waals surface area contributed by atoms with Crippen LogP contribution in [0, 0.1) is 16.0 Å². The molecule has 7 nitrogen and oxygen atoms in total. The van der Waals surface area contributed by atoms with Crippen molar-refractivity contribution >= 4 is 11.6 Å². The zero-order chi connectivity index (χ0) is 17.0. The van der Waals surface area contributed by atoms with Crippen molar-refractivity contribution in [1.29, 1.82) is 0 Å². The van der Waals surface area contributed by atoms with Gasteiger partial charge in [-0.15, -0.1) is 0 Å². The molecule has 0 aliphatic heterocycles. The van der Waals surface area contributed by atoms with E-state index >= 15 is 0 Å². The molecular formula is C16H22N2O5. The van der Waals surface area contributed by atoms with Crippen molar-refractivity contribution in [2.45, 2.75) is 38.6 Å². The average Bonchev–Trinajstić information content (AvgIpc) is 2.55. The van der Waals surface area contributed by atoms with Crippen LogP contribution in [0.25, 0.3) is 0 Å². The lowest BCUT2D eigenvalue weighted by Crippen LogP contribution is -2.41. The van der Waals surface area contributed by atoms with Crippen LogP contribution < -0.4 is 14.8 Å². The van der Waals surface area contributed by atoms with E-state index in [1.807, 2.05) is 0 Å². The lowest BCUT2D eigenvalue weighted by Gasteiger charge is -2.29. The van der Waals surface area contributed by atoms with Crippen molar-refractivity contribution in [3.05, 3.63) is 27.8 Å². The molecule has 2 atom stereocenters. The summed E-state index contributed by atoms with van der Waals surface area (Å²) >= 11 is 0. The van der Waals surface area contributed by atoms with Crippen LogP contribution >= 0.6 is 0 Å². The van der Waals surface area contributed by atoms with Crippen LogP contribution in [-0.4, -0.2) is 31.1 Å². The molecule has 0 spiro atoms. The smallest absolute Gasteiger partial charge is 0.286 e. The number of rotatable bonds is 5. The Kier molecular flexibility index (Phi) is 5.41. The number of hydrogen-bond acceptors (Lipinski definition) is 5. The van der Waals surface area contributed by atoms with Gasteiger partial charge in [-0.05, 0) is 18.8 Å². The topological polar surface area (TPSA) is 90.7 Å². The molecule has 1 aromatic carbocycles. The molecule has 1 N–H and O–H groups in total. The van der Waals surface area contributed by atoms with Gasteiger partial charge in [0.05, 0.1) is 25.2 Å². The largest absolute Gasteiger partial charge is 0.493 e. The minimum absolute atomic E-state index is 0.00887. The number of nitrogens with zero attached hydrogens (tertiary/aromatic N) is 1. The van der Waals surface area contributed by atoms with Gasteiger partial charge in [0, 0.05) is 12.1 Å². The van der Waals surface area contributed by atoms with Crippen molar-refractivity contribution in [1.82, 2.24) is 5.32 Å². The second kappa shape index (κ2) is 7.30. The van der Waals surface area contributed by atoms with Crippen molar-refractivity contribution in [3.63, 3.8) is 0 Å². The fraction of sp³-hybridized carbons (Fsp3) is 0.562. The number of nitrogens with one attached hydrogen (secondary N) is 1. The molecule has 0 heterocycles. The molecule has 1 aliphatic carbocycles. The van der Waals surface area contributed by atoms with Crippen LogP contribution in [0.5, 0.6) is 11.5 Å². The van der Waals surface area contributed by atoms with E-state index in [2.05, 4.69) is 12.2 Å². The first-order valence-corrected chi connectivity index (χ1v) is 7.69. The Bertz CT molecular complexity index is 602. The summed E-state index contributed by atoms with van der Waals surface area (Å²) in [6.45, 7) is 2.09. The number of carbonyl (C=O) groups is 1. The van der Waals surface area contributed by atoms with E-state index in [1.54, 1.807) is 0 Å². The minimum Gasteiger partial charge on any atom is -0.493 e. The molecular weight excluding hydrogens is 300 g/mol. The second-order valence-electron chi connectivity index (χ2n) is 5.82. The molecule has 1 saturated carbocycles. The van der Waals surface area contributed by atoms with Crippen LogP contribution in [0.4, 0.5) is 5.69 Å². The summed E-state index contributed by atoms with van der Waals surface area (Å²) < 4.78 is 10.2. The van der Waals surface area contributed by atoms with E-state index in [0.29, 0.717) is 11.7 Å². The van der Waals surface area contributed by atoms with Crippen molar-refractivity contribution in [2.75, 3.05) is 14.2 Å². The van der Waals surface area contributed by atoms with E-state index in [-0.39, 0.29) is 23.0 Å². The third kappa shape index (κ3) is 3.72. The SMILES string of the molecule is COc1cc(C(=O)NC2CCCCC2C)c([N+](=O)[O-])cc1OC. The van der Waals surface area contributed by atoms with E-state index < -0.39 is 10.8 Å². The molecule has 1 aliphatic rings. The monoisotopic (exact) mass is 322 g/mol. The molecule has 0 radical (unpaired) electrons. The Morgan fingerprint density at radius 3 is 2.39 bits per heavy atom. The highest BCUT2D eigenvalue weighted by Crippen LogP contribution is 2.34. The number of methoxy groups -OCH3 is 2. The first kappa shape index (κ1) is 17.1. The summed E-state index contributed by atoms with van der Waals surface area (Å²) in [4.78, 5) is 23.2. The highest BCUT2D eigenvalue weighted by Gasteiger charge is 2.28. The van der Waals surface area contributed by atoms with Gasteiger partial charge >= 0.3 is 0 Å². The van der Waals surface area contributed by atoms with Gasteiger partial charge in [0.25, 0.3) is 11.6 Å². The summed E-state index contributed by atoms with van der Waals surface area (Å²) in [6, 6.07) is 2.63. The summed E-state index contributed by atoms with van der Waals surface area (Å²) in [7, 11) is 2.82. The molecule has 0 aromatic heterocycles. The van der Waals surface area contributed by atoms with Gasteiger partial charge in [-0.2, -0.15) is 0 Å². The Balaban J connectivity index is 2.32. The molecule has 1 fully saturated rings. The lowest BCUT2D eigenvalue weighted by atomic mass is 9.86. The van der Waals surface area contributed by atoms with Crippen molar-refractivity contribution < 1.29 is 19.2 Å². The fourth-order valence-corrected chi connectivity index (χ4v) is 2.98. The number of hydrogen-bond donors (Lipinski definition) is 1. The minimum atomic E-state index is -0.582. The van der Waals surface area contributed by atoms with Crippen molar-refractivity contribution in [3.8, 4) is 11.5 Å². The third-order valence-electron chi connectivity index (χ3n) is 4.37. The van der Waals surface area contributed by atoms with Crippen LogP contribution in [0.1, 0.15) is 43.0 Å². The number of benzene rings is 1. The molecule has 2 unspecified atom stereocenters. The quantitative estimate of drug-likeness (QED) is 0.665. The molecule has 1 amide bonds. The highest BCUT2D eigenvalue weighted by atomic mass is 16.6. The molecule has 1 aromatic rings. The Morgan fingerprint density at radius 1 is 1.22 bits per heavy atom. The summed E-state index contributed by atoms with van der Waals surface area (Å²) in [5.74, 6) is 0.435. The standard InChI is InChI=1S/C16H22N2O5/c1-10-6-4-5-7-12(10)17-16(19)11-8-14(22-2)15(23-3)9-13(11)18(20)21/h8-10,12H,4-7H2,1-3H3,(H,17,19). The van der Waals surface area contributed by atoms with Crippen molar-refractivity contribution in [2.24, 2.45) is 5.92 Å². The van der Waals surface area contributed by atoms with Gasteiger partial charge in [-0.3, -0.25) is 14.9 Å². The first-order chi connectivity index (χ1) is 11.0. The maximum Gasteiger partial charge on any atom is 0.286 e. The predicted octanol–water partition coefficient (Wildman–Crippen LogP) is 2.92. The first-order valence-electron chi connectivity index (χ1n) is 7.69. The summed E-state index contributed by atoms with van der Waals surface area (Å²) in [6.07, 6.45) is 4.17. The summed E-state index contributed by atoms with van der Waals surface area (Å²) in [5.41, 5.74) is -0.297. The van der Waals surface area contributed by atoms with Crippen LogP contribution in [0.15, 0.2) is 12.1 Å². The van der Waals surface area contributed by atoms with Gasteiger partial charge in [0.2, 0.25) is 0 Å². The van der Waals surface area contributed by atoms with Crippen LogP contribution in [-0.2, 0) is 0 Å².